The van der Waals surface area contributed by atoms with E-state index in [2.05, 4.69) is 41.5 Å². The minimum absolute atomic E-state index is 0.678. The Morgan fingerprint density at radius 3 is 2.41 bits per heavy atom. The summed E-state index contributed by atoms with van der Waals surface area (Å²) in [6, 6.07) is 15.6. The number of aromatic nitrogens is 1. The molecule has 0 saturated heterocycles. The molecule has 0 amide bonds. The van der Waals surface area contributed by atoms with Crippen molar-refractivity contribution in [3.8, 4) is 22.1 Å². The zero-order valence-corrected chi connectivity index (χ0v) is 18.2. The van der Waals surface area contributed by atoms with Crippen LogP contribution in [0.5, 0.6) is 11.5 Å². The molecule has 0 N–H and O–H groups in total. The van der Waals surface area contributed by atoms with Gasteiger partial charge in [0.2, 0.25) is 0 Å². The summed E-state index contributed by atoms with van der Waals surface area (Å²) in [6.45, 7) is 4.05. The molecule has 0 radical (unpaired) electrons. The number of hydrogen-bond donors (Lipinski definition) is 0. The first-order valence-electron chi connectivity index (χ1n) is 10.2. The minimum atomic E-state index is 0.678. The molecule has 1 fully saturated rings. The number of ether oxygens (including phenoxy) is 2. The van der Waals surface area contributed by atoms with E-state index >= 15 is 0 Å². The normalized spacial score (nSPS) is 13.7. The first kappa shape index (κ1) is 19.9. The maximum atomic E-state index is 5.59. The molecule has 0 spiro atoms. The zero-order valence-electron chi connectivity index (χ0n) is 17.4. The predicted molar refractivity (Wildman–Crippen MR) is 119 cm³/mol. The number of hydrogen-bond acceptors (Lipinski definition) is 5. The first-order valence-corrected chi connectivity index (χ1v) is 11.1. The molecule has 0 aliphatic heterocycles. The van der Waals surface area contributed by atoms with Gasteiger partial charge in [0, 0.05) is 24.5 Å². The van der Waals surface area contributed by atoms with Crippen LogP contribution in [-0.2, 0) is 19.5 Å². The molecule has 0 atom stereocenters. The molecule has 4 rings (SSSR count). The monoisotopic (exact) mass is 408 g/mol. The molecular weight excluding hydrogens is 380 g/mol. The van der Waals surface area contributed by atoms with Crippen LogP contribution in [0.1, 0.15) is 36.6 Å². The van der Waals surface area contributed by atoms with Gasteiger partial charge in [0.15, 0.2) is 11.5 Å². The van der Waals surface area contributed by atoms with Gasteiger partial charge < -0.3 is 9.47 Å². The van der Waals surface area contributed by atoms with Crippen LogP contribution in [0.25, 0.3) is 10.6 Å². The highest BCUT2D eigenvalue weighted by Crippen LogP contribution is 2.39. The van der Waals surface area contributed by atoms with Gasteiger partial charge in [-0.3, -0.25) is 4.90 Å². The van der Waals surface area contributed by atoms with Gasteiger partial charge >= 0.3 is 0 Å². The lowest BCUT2D eigenvalue weighted by atomic mass is 10.1. The van der Waals surface area contributed by atoms with Gasteiger partial charge in [-0.2, -0.15) is 0 Å². The van der Waals surface area contributed by atoms with Crippen molar-refractivity contribution >= 4 is 11.3 Å². The van der Waals surface area contributed by atoms with Crippen LogP contribution in [0.4, 0.5) is 0 Å². The van der Waals surface area contributed by atoms with Gasteiger partial charge in [-0.1, -0.05) is 37.3 Å². The van der Waals surface area contributed by atoms with E-state index in [1.807, 2.05) is 18.2 Å². The lowest BCUT2D eigenvalue weighted by Gasteiger charge is -2.21. The van der Waals surface area contributed by atoms with Gasteiger partial charge in [-0.05, 0) is 42.5 Å². The fourth-order valence-corrected chi connectivity index (χ4v) is 4.47. The fraction of sp³-hybridized carbons (Fsp3) is 0.375. The van der Waals surface area contributed by atoms with Crippen molar-refractivity contribution in [3.63, 3.8) is 0 Å². The van der Waals surface area contributed by atoms with Crippen molar-refractivity contribution in [1.82, 2.24) is 9.88 Å². The van der Waals surface area contributed by atoms with Crippen LogP contribution in [0.2, 0.25) is 0 Å². The fourth-order valence-electron chi connectivity index (χ4n) is 3.64. The number of rotatable bonds is 9. The third-order valence-electron chi connectivity index (χ3n) is 5.43. The van der Waals surface area contributed by atoms with Crippen LogP contribution in [0.15, 0.2) is 47.8 Å². The third kappa shape index (κ3) is 4.62. The number of para-hydroxylation sites is 1. The van der Waals surface area contributed by atoms with Crippen molar-refractivity contribution in [1.29, 1.82) is 0 Å². The van der Waals surface area contributed by atoms with E-state index < -0.39 is 0 Å². The summed E-state index contributed by atoms with van der Waals surface area (Å²) < 4.78 is 11.0. The summed E-state index contributed by atoms with van der Waals surface area (Å²) in [5, 5.41) is 3.14. The van der Waals surface area contributed by atoms with Crippen LogP contribution < -0.4 is 9.47 Å². The number of methoxy groups -OCH3 is 2. The van der Waals surface area contributed by atoms with Crippen LogP contribution >= 0.6 is 11.3 Å². The molecule has 4 nitrogen and oxygen atoms in total. The molecule has 1 aliphatic rings. The third-order valence-corrected chi connectivity index (χ3v) is 6.35. The Kier molecular flexibility index (Phi) is 6.16. The Hall–Kier alpha value is -2.37. The maximum Gasteiger partial charge on any atom is 0.170 e. The van der Waals surface area contributed by atoms with Crippen molar-refractivity contribution < 1.29 is 9.47 Å². The van der Waals surface area contributed by atoms with Gasteiger partial charge in [-0.15, -0.1) is 11.3 Å². The van der Waals surface area contributed by atoms with E-state index in [0.717, 1.165) is 47.3 Å². The van der Waals surface area contributed by atoms with Crippen LogP contribution in [0, 0.1) is 0 Å². The zero-order chi connectivity index (χ0) is 20.2. The van der Waals surface area contributed by atoms with E-state index in [9.17, 15) is 0 Å². The molecule has 152 valence electrons. The number of benzene rings is 2. The molecule has 29 heavy (non-hydrogen) atoms. The molecule has 1 heterocycles. The van der Waals surface area contributed by atoms with Crippen molar-refractivity contribution in [2.45, 2.75) is 45.3 Å². The van der Waals surface area contributed by atoms with Gasteiger partial charge in [0.25, 0.3) is 0 Å². The molecule has 3 aromatic rings. The Bertz CT molecular complexity index is 948. The summed E-state index contributed by atoms with van der Waals surface area (Å²) in [4.78, 5) is 7.48. The molecule has 0 bridgehead atoms. The van der Waals surface area contributed by atoms with E-state index in [1.54, 1.807) is 25.6 Å². The lowest BCUT2D eigenvalue weighted by Crippen LogP contribution is -2.25. The van der Waals surface area contributed by atoms with E-state index in [4.69, 9.17) is 14.5 Å². The smallest absolute Gasteiger partial charge is 0.170 e. The molecule has 0 unspecified atom stereocenters. The molecule has 5 heteroatoms. The summed E-state index contributed by atoms with van der Waals surface area (Å²) in [6.07, 6.45) is 3.66. The summed E-state index contributed by atoms with van der Waals surface area (Å²) in [5.41, 5.74) is 4.87. The number of aryl methyl sites for hydroxylation is 1. The topological polar surface area (TPSA) is 34.6 Å². The summed E-state index contributed by atoms with van der Waals surface area (Å²) >= 11 is 1.66. The molecule has 1 aromatic heterocycles. The van der Waals surface area contributed by atoms with E-state index in [-0.39, 0.29) is 0 Å². The van der Waals surface area contributed by atoms with E-state index in [0.29, 0.717) is 6.04 Å². The Labute approximate surface area is 177 Å². The van der Waals surface area contributed by atoms with Crippen molar-refractivity contribution in [3.05, 3.63) is 64.7 Å². The van der Waals surface area contributed by atoms with Gasteiger partial charge in [0.1, 0.15) is 5.01 Å². The SMILES string of the molecule is CCc1ccc(CN(Cc2csc(-c3cccc(OC)c3OC)n2)C2CC2)cc1. The Balaban J connectivity index is 1.51. The number of thiazole rings is 1. The standard InChI is InChI=1S/C24H28N2O2S/c1-4-17-8-10-18(11-9-17)14-26(20-12-13-20)15-19-16-29-24(25-19)21-6-5-7-22(27-2)23(21)28-3/h5-11,16,20H,4,12-15H2,1-3H3. The highest BCUT2D eigenvalue weighted by Gasteiger charge is 2.29. The average Bonchev–Trinajstić information content (AvgIpc) is 3.52. The van der Waals surface area contributed by atoms with E-state index in [1.165, 1.54) is 24.0 Å². The summed E-state index contributed by atoms with van der Waals surface area (Å²) in [5.74, 6) is 1.47. The minimum Gasteiger partial charge on any atom is -0.493 e. The van der Waals surface area contributed by atoms with Gasteiger partial charge in [0.05, 0.1) is 25.5 Å². The second kappa shape index (κ2) is 8.97. The lowest BCUT2D eigenvalue weighted by molar-refractivity contribution is 0.243. The average molecular weight is 409 g/mol. The molecule has 2 aromatic carbocycles. The Morgan fingerprint density at radius 1 is 1.00 bits per heavy atom. The molecule has 1 saturated carbocycles. The van der Waals surface area contributed by atoms with Crippen molar-refractivity contribution in [2.24, 2.45) is 0 Å². The van der Waals surface area contributed by atoms with Crippen LogP contribution in [0.3, 0.4) is 0 Å². The second-order valence-corrected chi connectivity index (χ2v) is 8.35. The highest BCUT2D eigenvalue weighted by atomic mass is 32.1. The predicted octanol–water partition coefficient (Wildman–Crippen LogP) is 5.55. The number of nitrogens with zero attached hydrogens (tertiary/aromatic N) is 2. The van der Waals surface area contributed by atoms with Crippen molar-refractivity contribution in [2.75, 3.05) is 14.2 Å². The summed E-state index contributed by atoms with van der Waals surface area (Å²) in [7, 11) is 3.34. The first-order chi connectivity index (χ1) is 14.2. The molecule has 1 aliphatic carbocycles. The Morgan fingerprint density at radius 2 is 1.76 bits per heavy atom. The maximum absolute atomic E-state index is 5.59. The van der Waals surface area contributed by atoms with Crippen LogP contribution in [-0.4, -0.2) is 30.1 Å². The largest absolute Gasteiger partial charge is 0.493 e. The highest BCUT2D eigenvalue weighted by molar-refractivity contribution is 7.13. The molecular formula is C24H28N2O2S. The van der Waals surface area contributed by atoms with Gasteiger partial charge in [-0.25, -0.2) is 4.98 Å². The quantitative estimate of drug-likeness (QED) is 0.465. The second-order valence-electron chi connectivity index (χ2n) is 7.49.